The van der Waals surface area contributed by atoms with E-state index in [-0.39, 0.29) is 5.54 Å². The van der Waals surface area contributed by atoms with Gasteiger partial charge in [-0.25, -0.2) is 4.98 Å². The van der Waals surface area contributed by atoms with Crippen molar-refractivity contribution in [3.8, 4) is 0 Å². The average Bonchev–Trinajstić information content (AvgIpc) is 2.95. The monoisotopic (exact) mass is 265 g/mol. The van der Waals surface area contributed by atoms with Crippen molar-refractivity contribution in [1.29, 1.82) is 0 Å². The molecule has 1 N–H and O–H groups in total. The van der Waals surface area contributed by atoms with Crippen molar-refractivity contribution >= 4 is 0 Å². The summed E-state index contributed by atoms with van der Waals surface area (Å²) in [6.07, 6.45) is 7.93. The lowest BCUT2D eigenvalue weighted by molar-refractivity contribution is 0.0327. The van der Waals surface area contributed by atoms with E-state index in [4.69, 9.17) is 4.74 Å². The zero-order chi connectivity index (χ0) is 13.9. The van der Waals surface area contributed by atoms with E-state index in [9.17, 15) is 0 Å². The predicted octanol–water partition coefficient (Wildman–Crippen LogP) is 2.38. The van der Waals surface area contributed by atoms with Crippen molar-refractivity contribution < 1.29 is 4.74 Å². The van der Waals surface area contributed by atoms with Gasteiger partial charge in [0.2, 0.25) is 0 Å². The van der Waals surface area contributed by atoms with E-state index in [2.05, 4.69) is 48.8 Å². The van der Waals surface area contributed by atoms with E-state index >= 15 is 0 Å². The number of hydrogen-bond donors (Lipinski definition) is 1. The Labute approximate surface area is 116 Å². The lowest BCUT2D eigenvalue weighted by Gasteiger charge is -2.23. The smallest absolute Gasteiger partial charge is 0.108 e. The molecule has 0 aliphatic carbocycles. The molecule has 1 fully saturated rings. The second kappa shape index (κ2) is 6.06. The molecular weight excluding hydrogens is 238 g/mol. The number of rotatable bonds is 5. The Hall–Kier alpha value is -0.870. The molecule has 1 aromatic rings. The van der Waals surface area contributed by atoms with Gasteiger partial charge in [-0.1, -0.05) is 6.92 Å². The topological polar surface area (TPSA) is 39.1 Å². The summed E-state index contributed by atoms with van der Waals surface area (Å²) in [5.74, 6) is 1.15. The fourth-order valence-corrected chi connectivity index (χ4v) is 2.52. The molecule has 1 saturated heterocycles. The normalized spacial score (nSPS) is 24.0. The highest BCUT2D eigenvalue weighted by atomic mass is 16.5. The molecule has 1 aliphatic heterocycles. The van der Waals surface area contributed by atoms with Crippen LogP contribution in [0, 0.1) is 0 Å². The van der Waals surface area contributed by atoms with Crippen molar-refractivity contribution in [3.05, 3.63) is 18.2 Å². The molecule has 2 unspecified atom stereocenters. The molecular formula is C15H27N3O. The largest absolute Gasteiger partial charge is 0.372 e. The minimum Gasteiger partial charge on any atom is -0.372 e. The van der Waals surface area contributed by atoms with E-state index in [1.165, 1.54) is 0 Å². The fourth-order valence-electron chi connectivity index (χ4n) is 2.52. The van der Waals surface area contributed by atoms with Gasteiger partial charge in [0.25, 0.3) is 0 Å². The number of aromatic nitrogens is 2. The quantitative estimate of drug-likeness (QED) is 0.888. The minimum atomic E-state index is 0.168. The Morgan fingerprint density at radius 2 is 2.11 bits per heavy atom. The van der Waals surface area contributed by atoms with E-state index < -0.39 is 0 Å². The average molecular weight is 265 g/mol. The van der Waals surface area contributed by atoms with Crippen LogP contribution in [-0.4, -0.2) is 33.8 Å². The van der Waals surface area contributed by atoms with E-state index in [0.29, 0.717) is 12.2 Å². The molecule has 19 heavy (non-hydrogen) atoms. The van der Waals surface area contributed by atoms with Gasteiger partial charge in [0.1, 0.15) is 5.82 Å². The standard InChI is InChI=1S/C15H27N3O/c1-5-14-16-8-9-18(14)11-13-7-6-12(19-13)10-17-15(2,3)4/h8-9,12-13,17H,5-7,10-11H2,1-4H3. The molecule has 4 nitrogen and oxygen atoms in total. The van der Waals surface area contributed by atoms with Crippen LogP contribution in [0.3, 0.4) is 0 Å². The summed E-state index contributed by atoms with van der Waals surface area (Å²) in [4.78, 5) is 4.36. The summed E-state index contributed by atoms with van der Waals surface area (Å²) < 4.78 is 8.34. The molecule has 4 heteroatoms. The van der Waals surface area contributed by atoms with E-state index in [1.54, 1.807) is 0 Å². The van der Waals surface area contributed by atoms with Crippen LogP contribution in [0.5, 0.6) is 0 Å². The Morgan fingerprint density at radius 1 is 1.37 bits per heavy atom. The summed E-state index contributed by atoms with van der Waals surface area (Å²) in [5, 5.41) is 3.52. The highest BCUT2D eigenvalue weighted by molar-refractivity contribution is 4.93. The van der Waals surface area contributed by atoms with Gasteiger partial charge in [0.15, 0.2) is 0 Å². The lowest BCUT2D eigenvalue weighted by Crippen LogP contribution is -2.41. The van der Waals surface area contributed by atoms with Gasteiger partial charge in [0, 0.05) is 30.9 Å². The molecule has 0 spiro atoms. The summed E-state index contributed by atoms with van der Waals surface area (Å²) in [7, 11) is 0. The first-order valence-corrected chi connectivity index (χ1v) is 7.38. The molecule has 0 amide bonds. The molecule has 0 bridgehead atoms. The summed E-state index contributed by atoms with van der Waals surface area (Å²) in [6, 6.07) is 0. The summed E-state index contributed by atoms with van der Waals surface area (Å²) in [5.41, 5.74) is 0.168. The summed E-state index contributed by atoms with van der Waals surface area (Å²) >= 11 is 0. The van der Waals surface area contributed by atoms with Crippen LogP contribution >= 0.6 is 0 Å². The van der Waals surface area contributed by atoms with Crippen LogP contribution in [-0.2, 0) is 17.7 Å². The van der Waals surface area contributed by atoms with Crippen molar-refractivity contribution in [1.82, 2.24) is 14.9 Å². The number of nitrogens with zero attached hydrogens (tertiary/aromatic N) is 2. The van der Waals surface area contributed by atoms with Crippen molar-refractivity contribution in [3.63, 3.8) is 0 Å². The first-order valence-electron chi connectivity index (χ1n) is 7.38. The number of imidazole rings is 1. The Bertz CT molecular complexity index is 394. The molecule has 1 aromatic heterocycles. The van der Waals surface area contributed by atoms with Crippen LogP contribution in [0.15, 0.2) is 12.4 Å². The Morgan fingerprint density at radius 3 is 2.79 bits per heavy atom. The number of aryl methyl sites for hydroxylation is 1. The van der Waals surface area contributed by atoms with Crippen LogP contribution in [0.1, 0.15) is 46.4 Å². The molecule has 108 valence electrons. The number of hydrogen-bond acceptors (Lipinski definition) is 3. The molecule has 2 heterocycles. The van der Waals surface area contributed by atoms with Crippen LogP contribution < -0.4 is 5.32 Å². The Balaban J connectivity index is 1.79. The van der Waals surface area contributed by atoms with Gasteiger partial charge in [-0.15, -0.1) is 0 Å². The second-order valence-electron chi connectivity index (χ2n) is 6.44. The molecule has 1 aliphatic rings. The fraction of sp³-hybridized carbons (Fsp3) is 0.800. The maximum atomic E-state index is 6.12. The minimum absolute atomic E-state index is 0.168. The van der Waals surface area contributed by atoms with Crippen LogP contribution in [0.2, 0.25) is 0 Å². The van der Waals surface area contributed by atoms with Crippen LogP contribution in [0.25, 0.3) is 0 Å². The zero-order valence-electron chi connectivity index (χ0n) is 12.6. The molecule has 0 aromatic carbocycles. The first kappa shape index (κ1) is 14.5. The third-order valence-electron chi connectivity index (χ3n) is 3.57. The molecule has 0 radical (unpaired) electrons. The SMILES string of the molecule is CCc1nccn1CC1CCC(CNC(C)(C)C)O1. The molecule has 2 atom stereocenters. The molecule has 0 saturated carbocycles. The van der Waals surface area contributed by atoms with Crippen molar-refractivity contribution in [2.45, 2.75) is 71.2 Å². The predicted molar refractivity (Wildman–Crippen MR) is 77.3 cm³/mol. The second-order valence-corrected chi connectivity index (χ2v) is 6.44. The maximum Gasteiger partial charge on any atom is 0.108 e. The van der Waals surface area contributed by atoms with Gasteiger partial charge in [0.05, 0.1) is 18.8 Å². The van der Waals surface area contributed by atoms with E-state index in [0.717, 1.165) is 38.2 Å². The third kappa shape index (κ3) is 4.32. The van der Waals surface area contributed by atoms with Crippen LogP contribution in [0.4, 0.5) is 0 Å². The maximum absolute atomic E-state index is 6.12. The van der Waals surface area contributed by atoms with Gasteiger partial charge >= 0.3 is 0 Å². The van der Waals surface area contributed by atoms with Gasteiger partial charge in [-0.05, 0) is 33.6 Å². The first-order chi connectivity index (χ1) is 8.98. The zero-order valence-corrected chi connectivity index (χ0v) is 12.6. The number of ether oxygens (including phenoxy) is 1. The van der Waals surface area contributed by atoms with Crippen molar-refractivity contribution in [2.75, 3.05) is 6.54 Å². The van der Waals surface area contributed by atoms with Gasteiger partial charge < -0.3 is 14.6 Å². The lowest BCUT2D eigenvalue weighted by atomic mass is 10.1. The van der Waals surface area contributed by atoms with Gasteiger partial charge in [-0.3, -0.25) is 0 Å². The van der Waals surface area contributed by atoms with Gasteiger partial charge in [-0.2, -0.15) is 0 Å². The highest BCUT2D eigenvalue weighted by Crippen LogP contribution is 2.21. The highest BCUT2D eigenvalue weighted by Gasteiger charge is 2.26. The molecule has 2 rings (SSSR count). The van der Waals surface area contributed by atoms with E-state index in [1.807, 2.05) is 6.20 Å². The number of nitrogens with one attached hydrogen (secondary N) is 1. The third-order valence-corrected chi connectivity index (χ3v) is 3.57. The summed E-state index contributed by atoms with van der Waals surface area (Å²) in [6.45, 7) is 10.6. The van der Waals surface area contributed by atoms with Crippen molar-refractivity contribution in [2.24, 2.45) is 0 Å². The Kier molecular flexibility index (Phi) is 4.63.